The van der Waals surface area contributed by atoms with Crippen LogP contribution < -0.4 is 10.9 Å². The minimum absolute atomic E-state index is 0.211. The molecule has 3 heterocycles. The summed E-state index contributed by atoms with van der Waals surface area (Å²) < 4.78 is 1.49. The number of thiophene rings is 1. The second-order valence-corrected chi connectivity index (χ2v) is 9.30. The average Bonchev–Trinajstić information content (AvgIpc) is 3.56. The molecule has 0 spiro atoms. The normalized spacial score (nSPS) is 11.1. The van der Waals surface area contributed by atoms with Crippen LogP contribution in [0.5, 0.6) is 0 Å². The number of carbonyl (C=O) groups is 1. The lowest BCUT2D eigenvalue weighted by Gasteiger charge is -2.18. The van der Waals surface area contributed by atoms with Crippen molar-refractivity contribution >= 4 is 23.1 Å². The molecule has 0 aliphatic carbocycles. The summed E-state index contributed by atoms with van der Waals surface area (Å²) in [5.74, 6) is -0.0662. The van der Waals surface area contributed by atoms with Gasteiger partial charge < -0.3 is 5.32 Å². The number of hydrogen-bond acceptors (Lipinski definition) is 5. The quantitative estimate of drug-likeness (QED) is 0.319. The average molecular weight is 496 g/mol. The molecule has 8 heteroatoms. The first-order chi connectivity index (χ1) is 17.5. The molecule has 0 atom stereocenters. The van der Waals surface area contributed by atoms with Crippen molar-refractivity contribution in [2.45, 2.75) is 26.2 Å². The fraction of sp³-hybridized carbons (Fsp3) is 0.143. The van der Waals surface area contributed by atoms with Gasteiger partial charge in [-0.3, -0.25) is 14.6 Å². The molecule has 0 fully saturated rings. The molecular formula is C28H25N5O2S. The highest BCUT2D eigenvalue weighted by Gasteiger charge is 2.25. The van der Waals surface area contributed by atoms with Crippen LogP contribution in [0.2, 0.25) is 0 Å². The molecule has 1 amide bonds. The fourth-order valence-corrected chi connectivity index (χ4v) is 4.95. The molecule has 5 aromatic rings. The standard InChI is InChI=1S/C28H25N5O2S/c1-3-21-18(2)29-28(31-26(21)34)33-24(17-22(32-33)23-15-10-16-36-23)30-27(35)25(19-11-6-4-7-12-19)20-13-8-5-9-14-20/h4-17,25H,3H2,1-2H3,(H,30,35)(H,29,31,34). The third-order valence-electron chi connectivity index (χ3n) is 6.03. The maximum Gasteiger partial charge on any atom is 0.255 e. The van der Waals surface area contributed by atoms with Gasteiger partial charge in [0, 0.05) is 17.3 Å². The summed E-state index contributed by atoms with van der Waals surface area (Å²) in [6.45, 7) is 3.72. The molecule has 7 nitrogen and oxygen atoms in total. The van der Waals surface area contributed by atoms with Crippen LogP contribution >= 0.6 is 11.3 Å². The summed E-state index contributed by atoms with van der Waals surface area (Å²) in [6.07, 6.45) is 0.577. The van der Waals surface area contributed by atoms with E-state index in [9.17, 15) is 9.59 Å². The molecule has 0 bridgehead atoms. The molecule has 3 aromatic heterocycles. The number of aromatic nitrogens is 4. The molecule has 0 saturated carbocycles. The summed E-state index contributed by atoms with van der Waals surface area (Å²) >= 11 is 1.54. The Morgan fingerprint density at radius 3 is 2.25 bits per heavy atom. The summed E-state index contributed by atoms with van der Waals surface area (Å²) in [7, 11) is 0. The van der Waals surface area contributed by atoms with Crippen molar-refractivity contribution in [3.05, 3.63) is 117 Å². The number of aromatic amines is 1. The van der Waals surface area contributed by atoms with Gasteiger partial charge in [0.2, 0.25) is 11.9 Å². The second kappa shape index (κ2) is 10.1. The van der Waals surface area contributed by atoms with Crippen molar-refractivity contribution in [2.75, 3.05) is 5.32 Å². The summed E-state index contributed by atoms with van der Waals surface area (Å²) in [4.78, 5) is 34.8. The van der Waals surface area contributed by atoms with E-state index < -0.39 is 5.92 Å². The van der Waals surface area contributed by atoms with Gasteiger partial charge in [0.1, 0.15) is 11.5 Å². The first-order valence-corrected chi connectivity index (χ1v) is 12.6. The fourth-order valence-electron chi connectivity index (χ4n) is 4.27. The zero-order valence-electron chi connectivity index (χ0n) is 19.9. The molecule has 5 rings (SSSR count). The Kier molecular flexibility index (Phi) is 6.60. The van der Waals surface area contributed by atoms with Gasteiger partial charge in [-0.05, 0) is 35.9 Å². The van der Waals surface area contributed by atoms with Crippen molar-refractivity contribution in [3.63, 3.8) is 0 Å². The lowest BCUT2D eigenvalue weighted by molar-refractivity contribution is -0.116. The largest absolute Gasteiger partial charge is 0.310 e. The SMILES string of the molecule is CCc1c(C)nc(-n2nc(-c3cccs3)cc2NC(=O)C(c2ccccc2)c2ccccc2)[nH]c1=O. The third kappa shape index (κ3) is 4.63. The first kappa shape index (κ1) is 23.4. The van der Waals surface area contributed by atoms with Crippen LogP contribution in [0.4, 0.5) is 5.82 Å². The number of nitrogens with zero attached hydrogens (tertiary/aromatic N) is 3. The minimum atomic E-state index is -0.530. The highest BCUT2D eigenvalue weighted by atomic mass is 32.1. The number of nitrogens with one attached hydrogen (secondary N) is 2. The number of anilines is 1. The van der Waals surface area contributed by atoms with Gasteiger partial charge in [0.15, 0.2) is 0 Å². The predicted molar refractivity (Wildman–Crippen MR) is 143 cm³/mol. The van der Waals surface area contributed by atoms with E-state index >= 15 is 0 Å². The summed E-state index contributed by atoms with van der Waals surface area (Å²) in [6, 6.07) is 25.0. The second-order valence-electron chi connectivity index (χ2n) is 8.35. The maximum absolute atomic E-state index is 13.8. The first-order valence-electron chi connectivity index (χ1n) is 11.7. The monoisotopic (exact) mass is 495 g/mol. The van der Waals surface area contributed by atoms with Gasteiger partial charge in [-0.15, -0.1) is 11.3 Å². The molecule has 0 aliphatic rings. The van der Waals surface area contributed by atoms with E-state index in [1.54, 1.807) is 24.3 Å². The highest BCUT2D eigenvalue weighted by Crippen LogP contribution is 2.30. The minimum Gasteiger partial charge on any atom is -0.310 e. The van der Waals surface area contributed by atoms with Gasteiger partial charge >= 0.3 is 0 Å². The number of H-pyrrole nitrogens is 1. The number of amides is 1. The van der Waals surface area contributed by atoms with Crippen LogP contribution in [0.15, 0.2) is 89.0 Å². The number of benzene rings is 2. The lowest BCUT2D eigenvalue weighted by atomic mass is 9.90. The van der Waals surface area contributed by atoms with Crippen molar-refractivity contribution < 1.29 is 4.79 Å². The van der Waals surface area contributed by atoms with Crippen LogP contribution in [0.25, 0.3) is 16.5 Å². The molecule has 2 aromatic carbocycles. The van der Waals surface area contributed by atoms with Gasteiger partial charge in [-0.25, -0.2) is 4.98 Å². The zero-order valence-corrected chi connectivity index (χ0v) is 20.8. The van der Waals surface area contributed by atoms with Crippen LogP contribution in [0.3, 0.4) is 0 Å². The Morgan fingerprint density at radius 2 is 1.69 bits per heavy atom. The molecule has 0 unspecified atom stereocenters. The lowest BCUT2D eigenvalue weighted by Crippen LogP contribution is -2.25. The Morgan fingerprint density at radius 1 is 1.03 bits per heavy atom. The van der Waals surface area contributed by atoms with Crippen molar-refractivity contribution in [3.8, 4) is 16.5 Å². The van der Waals surface area contributed by atoms with Crippen LogP contribution in [0, 0.1) is 6.92 Å². The Bertz CT molecular complexity index is 1500. The molecule has 2 N–H and O–H groups in total. The van der Waals surface area contributed by atoms with Gasteiger partial charge in [0.25, 0.3) is 5.56 Å². The zero-order chi connectivity index (χ0) is 25.1. The smallest absolute Gasteiger partial charge is 0.255 e. The predicted octanol–water partition coefficient (Wildman–Crippen LogP) is 5.33. The molecule has 0 radical (unpaired) electrons. The van der Waals surface area contributed by atoms with E-state index in [0.717, 1.165) is 16.0 Å². The van der Waals surface area contributed by atoms with Crippen LogP contribution in [-0.4, -0.2) is 25.7 Å². The topological polar surface area (TPSA) is 92.7 Å². The van der Waals surface area contributed by atoms with E-state index in [4.69, 9.17) is 5.10 Å². The summed E-state index contributed by atoms with van der Waals surface area (Å²) in [5.41, 5.74) is 3.48. The van der Waals surface area contributed by atoms with E-state index in [1.807, 2.05) is 85.1 Å². The Hall–Kier alpha value is -4.30. The molecule has 0 saturated heterocycles. The van der Waals surface area contributed by atoms with Crippen LogP contribution in [-0.2, 0) is 11.2 Å². The van der Waals surface area contributed by atoms with Gasteiger partial charge in [-0.1, -0.05) is 73.7 Å². The van der Waals surface area contributed by atoms with E-state index in [-0.39, 0.29) is 17.4 Å². The van der Waals surface area contributed by atoms with Crippen molar-refractivity contribution in [2.24, 2.45) is 0 Å². The van der Waals surface area contributed by atoms with Gasteiger partial charge in [-0.2, -0.15) is 9.78 Å². The molecule has 0 aliphatic heterocycles. The summed E-state index contributed by atoms with van der Waals surface area (Å²) in [5, 5.41) is 9.72. The van der Waals surface area contributed by atoms with Crippen molar-refractivity contribution in [1.29, 1.82) is 0 Å². The van der Waals surface area contributed by atoms with Crippen molar-refractivity contribution in [1.82, 2.24) is 19.7 Å². The number of hydrogen-bond donors (Lipinski definition) is 2. The van der Waals surface area contributed by atoms with E-state index in [2.05, 4.69) is 15.3 Å². The number of rotatable bonds is 7. The van der Waals surface area contributed by atoms with Crippen LogP contribution in [0.1, 0.15) is 35.2 Å². The van der Waals surface area contributed by atoms with E-state index in [1.165, 1.54) is 4.68 Å². The molecule has 36 heavy (non-hydrogen) atoms. The highest BCUT2D eigenvalue weighted by molar-refractivity contribution is 7.13. The number of aryl methyl sites for hydroxylation is 1. The maximum atomic E-state index is 13.8. The van der Waals surface area contributed by atoms with E-state index in [0.29, 0.717) is 29.2 Å². The molecule has 180 valence electrons. The molecular weight excluding hydrogens is 470 g/mol. The van der Waals surface area contributed by atoms with Gasteiger partial charge in [0.05, 0.1) is 10.8 Å². The Balaban J connectivity index is 1.59. The number of carbonyl (C=O) groups excluding carboxylic acids is 1. The Labute approximate surface area is 212 Å². The third-order valence-corrected chi connectivity index (χ3v) is 6.92.